The van der Waals surface area contributed by atoms with Crippen molar-refractivity contribution >= 4 is 5.91 Å². The van der Waals surface area contributed by atoms with Crippen molar-refractivity contribution in [3.63, 3.8) is 0 Å². The largest absolute Gasteiger partial charge is 0.497 e. The predicted molar refractivity (Wildman–Crippen MR) is 100 cm³/mol. The molecule has 138 valence electrons. The highest BCUT2D eigenvalue weighted by Gasteiger charge is 2.21. The average Bonchev–Trinajstić information content (AvgIpc) is 3.21. The maximum Gasteiger partial charge on any atom is 0.227 e. The van der Waals surface area contributed by atoms with Crippen LogP contribution in [0.25, 0.3) is 11.4 Å². The van der Waals surface area contributed by atoms with Gasteiger partial charge in [-0.05, 0) is 41.8 Å². The van der Waals surface area contributed by atoms with E-state index in [0.717, 1.165) is 24.3 Å². The Morgan fingerprint density at radius 3 is 2.70 bits per heavy atom. The number of benzene rings is 2. The zero-order valence-corrected chi connectivity index (χ0v) is 15.2. The van der Waals surface area contributed by atoms with E-state index in [1.54, 1.807) is 7.11 Å². The van der Waals surface area contributed by atoms with Gasteiger partial charge in [0.2, 0.25) is 17.6 Å². The van der Waals surface area contributed by atoms with E-state index >= 15 is 0 Å². The molecule has 0 atom stereocenters. The zero-order valence-electron chi connectivity index (χ0n) is 15.2. The normalized spacial score (nSPS) is 13.3. The van der Waals surface area contributed by atoms with Crippen LogP contribution >= 0.6 is 0 Å². The maximum atomic E-state index is 12.6. The summed E-state index contributed by atoms with van der Waals surface area (Å²) in [4.78, 5) is 18.9. The summed E-state index contributed by atoms with van der Waals surface area (Å²) in [6.45, 7) is 1.44. The maximum absolute atomic E-state index is 12.6. The molecule has 1 aliphatic heterocycles. The van der Waals surface area contributed by atoms with E-state index in [-0.39, 0.29) is 5.91 Å². The third kappa shape index (κ3) is 3.84. The highest BCUT2D eigenvalue weighted by Crippen LogP contribution is 2.21. The van der Waals surface area contributed by atoms with Crippen molar-refractivity contribution in [1.29, 1.82) is 0 Å². The van der Waals surface area contributed by atoms with Gasteiger partial charge in [-0.3, -0.25) is 4.79 Å². The molecule has 0 fully saturated rings. The fourth-order valence-corrected chi connectivity index (χ4v) is 3.29. The molecule has 1 amide bonds. The van der Waals surface area contributed by atoms with Crippen LogP contribution in [0.15, 0.2) is 53.1 Å². The minimum atomic E-state index is 0.119. The van der Waals surface area contributed by atoms with Gasteiger partial charge in [0, 0.05) is 31.5 Å². The molecule has 0 aliphatic carbocycles. The molecule has 0 N–H and O–H groups in total. The Balaban J connectivity index is 1.35. The second-order valence-electron chi connectivity index (χ2n) is 6.57. The number of aryl methyl sites for hydroxylation is 1. The molecule has 0 saturated heterocycles. The third-order valence-corrected chi connectivity index (χ3v) is 4.85. The molecule has 6 nitrogen and oxygen atoms in total. The van der Waals surface area contributed by atoms with Crippen LogP contribution in [0, 0.1) is 0 Å². The van der Waals surface area contributed by atoms with Crippen molar-refractivity contribution in [2.24, 2.45) is 0 Å². The summed E-state index contributed by atoms with van der Waals surface area (Å²) in [6.07, 6.45) is 1.72. The summed E-state index contributed by atoms with van der Waals surface area (Å²) < 4.78 is 10.5. The monoisotopic (exact) mass is 363 g/mol. The molecule has 2 heterocycles. The number of methoxy groups -OCH3 is 1. The van der Waals surface area contributed by atoms with Gasteiger partial charge in [-0.1, -0.05) is 29.4 Å². The van der Waals surface area contributed by atoms with E-state index in [1.165, 1.54) is 11.1 Å². The molecule has 1 aliphatic rings. The molecule has 4 rings (SSSR count). The van der Waals surface area contributed by atoms with Crippen LogP contribution in [0.3, 0.4) is 0 Å². The number of carbonyl (C=O) groups excluding carboxylic acids is 1. The smallest absolute Gasteiger partial charge is 0.227 e. The summed E-state index contributed by atoms with van der Waals surface area (Å²) >= 11 is 0. The van der Waals surface area contributed by atoms with Gasteiger partial charge in [-0.15, -0.1) is 0 Å². The molecule has 0 unspecified atom stereocenters. The summed E-state index contributed by atoms with van der Waals surface area (Å²) in [5.41, 5.74) is 3.42. The Kier molecular flexibility index (Phi) is 4.87. The summed E-state index contributed by atoms with van der Waals surface area (Å²) in [5.74, 6) is 1.89. The van der Waals surface area contributed by atoms with Crippen molar-refractivity contribution in [2.45, 2.75) is 25.8 Å². The average molecular weight is 363 g/mol. The highest BCUT2D eigenvalue weighted by molar-refractivity contribution is 5.76. The van der Waals surface area contributed by atoms with Crippen LogP contribution in [0.5, 0.6) is 5.75 Å². The van der Waals surface area contributed by atoms with Crippen molar-refractivity contribution in [1.82, 2.24) is 15.0 Å². The molecule has 0 radical (unpaired) electrons. The number of nitrogens with zero attached hydrogens (tertiary/aromatic N) is 3. The number of aromatic nitrogens is 2. The van der Waals surface area contributed by atoms with Gasteiger partial charge in [0.05, 0.1) is 7.11 Å². The summed E-state index contributed by atoms with van der Waals surface area (Å²) in [6, 6.07) is 15.8. The number of ether oxygens (including phenoxy) is 1. The van der Waals surface area contributed by atoms with Crippen molar-refractivity contribution in [2.75, 3.05) is 13.7 Å². The number of rotatable bonds is 5. The van der Waals surface area contributed by atoms with E-state index in [0.29, 0.717) is 31.1 Å². The van der Waals surface area contributed by atoms with Crippen LogP contribution in [0.4, 0.5) is 0 Å². The standard InChI is InChI=1S/C21H21N3O3/c1-26-18-8-6-16(7-9-18)21-22-19(27-23-21)10-11-20(25)24-13-12-15-4-2-3-5-17(15)14-24/h2-9H,10-14H2,1H3. The van der Waals surface area contributed by atoms with Crippen LogP contribution in [0.1, 0.15) is 23.4 Å². The molecule has 0 spiro atoms. The lowest BCUT2D eigenvalue weighted by Gasteiger charge is -2.28. The SMILES string of the molecule is COc1ccc(-c2noc(CCC(=O)N3CCc4ccccc4C3)n2)cc1. The quantitative estimate of drug-likeness (QED) is 0.696. The molecule has 2 aromatic carbocycles. The molecule has 1 aromatic heterocycles. The number of hydrogen-bond acceptors (Lipinski definition) is 5. The van der Waals surface area contributed by atoms with Crippen molar-refractivity contribution < 1.29 is 14.1 Å². The molecule has 3 aromatic rings. The Morgan fingerprint density at radius 1 is 1.15 bits per heavy atom. The van der Waals surface area contributed by atoms with Crippen molar-refractivity contribution in [3.05, 3.63) is 65.5 Å². The first-order chi connectivity index (χ1) is 13.2. The lowest BCUT2D eigenvalue weighted by molar-refractivity contribution is -0.132. The van der Waals surface area contributed by atoms with E-state index in [4.69, 9.17) is 9.26 Å². The van der Waals surface area contributed by atoms with Gasteiger partial charge in [-0.2, -0.15) is 4.98 Å². The van der Waals surface area contributed by atoms with E-state index in [9.17, 15) is 4.79 Å². The number of carbonyl (C=O) groups is 1. The number of fused-ring (bicyclic) bond motifs is 1. The van der Waals surface area contributed by atoms with Gasteiger partial charge in [0.1, 0.15) is 5.75 Å². The molecular weight excluding hydrogens is 342 g/mol. The van der Waals surface area contributed by atoms with Gasteiger partial charge in [0.15, 0.2) is 0 Å². The first-order valence-electron chi connectivity index (χ1n) is 9.04. The van der Waals surface area contributed by atoms with Crippen LogP contribution in [0.2, 0.25) is 0 Å². The fourth-order valence-electron chi connectivity index (χ4n) is 3.29. The fraction of sp³-hybridized carbons (Fsp3) is 0.286. The Bertz CT molecular complexity index is 934. The highest BCUT2D eigenvalue weighted by atomic mass is 16.5. The zero-order chi connectivity index (χ0) is 18.6. The van der Waals surface area contributed by atoms with Gasteiger partial charge < -0.3 is 14.2 Å². The lowest BCUT2D eigenvalue weighted by Crippen LogP contribution is -2.36. The minimum Gasteiger partial charge on any atom is -0.497 e. The first-order valence-corrected chi connectivity index (χ1v) is 9.04. The molecule has 27 heavy (non-hydrogen) atoms. The van der Waals surface area contributed by atoms with E-state index in [2.05, 4.69) is 22.3 Å². The van der Waals surface area contributed by atoms with Gasteiger partial charge in [-0.25, -0.2) is 0 Å². The third-order valence-electron chi connectivity index (χ3n) is 4.85. The van der Waals surface area contributed by atoms with Crippen LogP contribution in [-0.4, -0.2) is 34.6 Å². The number of hydrogen-bond donors (Lipinski definition) is 0. The molecule has 0 bridgehead atoms. The first kappa shape index (κ1) is 17.3. The van der Waals surface area contributed by atoms with Crippen LogP contribution < -0.4 is 4.74 Å². The Labute approximate surface area is 157 Å². The molecule has 0 saturated carbocycles. The molecular formula is C21H21N3O3. The van der Waals surface area contributed by atoms with Crippen molar-refractivity contribution in [3.8, 4) is 17.1 Å². The van der Waals surface area contributed by atoms with Gasteiger partial charge in [0.25, 0.3) is 0 Å². The molecule has 6 heteroatoms. The van der Waals surface area contributed by atoms with Crippen LogP contribution in [-0.2, 0) is 24.2 Å². The summed E-state index contributed by atoms with van der Waals surface area (Å²) in [7, 11) is 1.62. The minimum absolute atomic E-state index is 0.119. The predicted octanol–water partition coefficient (Wildman–Crippen LogP) is 3.26. The Hall–Kier alpha value is -3.15. The summed E-state index contributed by atoms with van der Waals surface area (Å²) in [5, 5.41) is 4.01. The van der Waals surface area contributed by atoms with E-state index in [1.807, 2.05) is 41.3 Å². The lowest BCUT2D eigenvalue weighted by atomic mass is 9.99. The Morgan fingerprint density at radius 2 is 1.93 bits per heavy atom. The topological polar surface area (TPSA) is 68.5 Å². The van der Waals surface area contributed by atoms with Gasteiger partial charge >= 0.3 is 0 Å². The second-order valence-corrected chi connectivity index (χ2v) is 6.57. The van der Waals surface area contributed by atoms with E-state index < -0.39 is 0 Å². The second kappa shape index (κ2) is 7.61. The number of amides is 1.